The summed E-state index contributed by atoms with van der Waals surface area (Å²) >= 11 is 0. The van der Waals surface area contributed by atoms with Crippen LogP contribution in [0.5, 0.6) is 5.88 Å². The number of amides is 1. The second-order valence-electron chi connectivity index (χ2n) is 7.12. The quantitative estimate of drug-likeness (QED) is 0.570. The Morgan fingerprint density at radius 1 is 1.20 bits per heavy atom. The summed E-state index contributed by atoms with van der Waals surface area (Å²) in [5.74, 6) is 0.341. The fourth-order valence-corrected chi connectivity index (χ4v) is 4.52. The minimum atomic E-state index is -3.59. The molecule has 1 aliphatic rings. The maximum Gasteiger partial charge on any atom is 0.268 e. The molecule has 0 aliphatic heterocycles. The molecule has 8 nitrogen and oxygen atoms in total. The summed E-state index contributed by atoms with van der Waals surface area (Å²) in [4.78, 5) is 16.6. The molecular formula is C21H21N3O5S. The van der Waals surface area contributed by atoms with Gasteiger partial charge in [-0.05, 0) is 25.8 Å². The number of rotatable bonds is 7. The second-order valence-corrected chi connectivity index (χ2v) is 9.37. The van der Waals surface area contributed by atoms with E-state index >= 15 is 0 Å². The van der Waals surface area contributed by atoms with E-state index in [0.717, 1.165) is 15.4 Å². The van der Waals surface area contributed by atoms with Crippen molar-refractivity contribution in [2.24, 2.45) is 0 Å². The zero-order chi connectivity index (χ0) is 21.3. The van der Waals surface area contributed by atoms with E-state index in [-0.39, 0.29) is 12.2 Å². The van der Waals surface area contributed by atoms with Crippen LogP contribution in [-0.4, -0.2) is 41.1 Å². The average molecular weight is 427 g/mol. The lowest BCUT2D eigenvalue weighted by Gasteiger charge is -2.17. The molecule has 1 aromatic carbocycles. The van der Waals surface area contributed by atoms with Crippen LogP contribution in [0.15, 0.2) is 53.2 Å². The molecule has 1 saturated carbocycles. The molecule has 9 heteroatoms. The molecule has 2 heterocycles. The summed E-state index contributed by atoms with van der Waals surface area (Å²) in [7, 11) is -2.31. The Balaban J connectivity index is 1.45. The number of hydrogen-bond donors (Lipinski definition) is 0. The van der Waals surface area contributed by atoms with Crippen LogP contribution < -0.4 is 4.74 Å². The normalized spacial score (nSPS) is 13.8. The minimum Gasteiger partial charge on any atom is -0.473 e. The lowest BCUT2D eigenvalue weighted by atomic mass is 10.1. The summed E-state index contributed by atoms with van der Waals surface area (Å²) in [6.07, 6.45) is 2.51. The Morgan fingerprint density at radius 2 is 1.93 bits per heavy atom. The van der Waals surface area contributed by atoms with Crippen molar-refractivity contribution in [2.75, 3.05) is 7.05 Å². The summed E-state index contributed by atoms with van der Waals surface area (Å²) in [6, 6.07) is 12.7. The molecule has 30 heavy (non-hydrogen) atoms. The Labute approximate surface area is 174 Å². The van der Waals surface area contributed by atoms with Gasteiger partial charge in [0.15, 0.2) is 0 Å². The first-order valence-corrected chi connectivity index (χ1v) is 11.0. The van der Waals surface area contributed by atoms with Gasteiger partial charge in [-0.25, -0.2) is 17.7 Å². The lowest BCUT2D eigenvalue weighted by molar-refractivity contribution is 0.0882. The van der Waals surface area contributed by atoms with Gasteiger partial charge in [-0.1, -0.05) is 35.5 Å². The highest BCUT2D eigenvalue weighted by molar-refractivity contribution is 7.90. The van der Waals surface area contributed by atoms with Crippen molar-refractivity contribution >= 4 is 15.9 Å². The third-order valence-corrected chi connectivity index (χ3v) is 7.24. The largest absolute Gasteiger partial charge is 0.473 e. The van der Waals surface area contributed by atoms with Gasteiger partial charge in [-0.3, -0.25) is 4.79 Å². The molecule has 0 spiro atoms. The standard InChI is InChI=1S/C21H21N3O5S/c1-14-18(20(23-29-14)15-6-4-3-5-7-15)13-28-19-11-8-16(12-22-19)21(25)24(2)30(26,27)17-9-10-17/h3-8,11-12,17H,9-10,13H2,1-2H3. The zero-order valence-electron chi connectivity index (χ0n) is 16.6. The van der Waals surface area contributed by atoms with Crippen LogP contribution in [0.2, 0.25) is 0 Å². The van der Waals surface area contributed by atoms with Crippen molar-refractivity contribution in [1.82, 2.24) is 14.4 Å². The van der Waals surface area contributed by atoms with E-state index in [1.807, 2.05) is 37.3 Å². The SMILES string of the molecule is Cc1onc(-c2ccccc2)c1COc1ccc(C(=O)N(C)S(=O)(=O)C2CC2)cn1. The topological polar surface area (TPSA) is 103 Å². The van der Waals surface area contributed by atoms with Crippen molar-refractivity contribution in [2.45, 2.75) is 31.6 Å². The first kappa shape index (κ1) is 20.1. The van der Waals surface area contributed by atoms with Gasteiger partial charge >= 0.3 is 0 Å². The second kappa shape index (κ2) is 7.91. The molecule has 2 aromatic heterocycles. The monoisotopic (exact) mass is 427 g/mol. The predicted octanol–water partition coefficient (Wildman–Crippen LogP) is 3.19. The summed E-state index contributed by atoms with van der Waals surface area (Å²) < 4.78 is 36.3. The molecule has 3 aromatic rings. The van der Waals surface area contributed by atoms with E-state index in [1.165, 1.54) is 25.4 Å². The highest BCUT2D eigenvalue weighted by Crippen LogP contribution is 2.31. The van der Waals surface area contributed by atoms with Crippen molar-refractivity contribution in [3.05, 3.63) is 65.5 Å². The average Bonchev–Trinajstić information content (AvgIpc) is 3.56. The van der Waals surface area contributed by atoms with Crippen LogP contribution in [0.25, 0.3) is 11.3 Å². The molecule has 0 saturated heterocycles. The number of ether oxygens (including phenoxy) is 1. The van der Waals surface area contributed by atoms with Crippen molar-refractivity contribution in [3.8, 4) is 17.1 Å². The van der Waals surface area contributed by atoms with E-state index in [1.54, 1.807) is 0 Å². The van der Waals surface area contributed by atoms with Gasteiger partial charge in [0.2, 0.25) is 15.9 Å². The van der Waals surface area contributed by atoms with Crippen molar-refractivity contribution < 1.29 is 22.5 Å². The van der Waals surface area contributed by atoms with Gasteiger partial charge in [0.1, 0.15) is 18.1 Å². The Hall–Kier alpha value is -3.20. The molecule has 1 amide bonds. The van der Waals surface area contributed by atoms with Crippen LogP contribution in [0.3, 0.4) is 0 Å². The van der Waals surface area contributed by atoms with Gasteiger partial charge in [-0.2, -0.15) is 0 Å². The van der Waals surface area contributed by atoms with E-state index in [4.69, 9.17) is 9.26 Å². The molecule has 0 N–H and O–H groups in total. The van der Waals surface area contributed by atoms with Gasteiger partial charge in [0, 0.05) is 24.9 Å². The lowest BCUT2D eigenvalue weighted by Crippen LogP contribution is -2.35. The third-order valence-electron chi connectivity index (χ3n) is 4.99. The number of carbonyl (C=O) groups is 1. The molecule has 156 valence electrons. The first-order valence-electron chi connectivity index (χ1n) is 9.49. The smallest absolute Gasteiger partial charge is 0.268 e. The fraction of sp³-hybridized carbons (Fsp3) is 0.286. The Morgan fingerprint density at radius 3 is 2.57 bits per heavy atom. The molecule has 0 radical (unpaired) electrons. The molecule has 4 rings (SSSR count). The maximum absolute atomic E-state index is 12.5. The highest BCUT2D eigenvalue weighted by atomic mass is 32.2. The number of nitrogens with zero attached hydrogens (tertiary/aromatic N) is 3. The van der Waals surface area contributed by atoms with Crippen LogP contribution in [0.4, 0.5) is 0 Å². The Bertz CT molecular complexity index is 1150. The molecular weight excluding hydrogens is 406 g/mol. The van der Waals surface area contributed by atoms with E-state index in [0.29, 0.717) is 30.2 Å². The Kier molecular flexibility index (Phi) is 5.29. The van der Waals surface area contributed by atoms with Crippen LogP contribution in [-0.2, 0) is 16.6 Å². The third kappa shape index (κ3) is 3.93. The first-order chi connectivity index (χ1) is 14.4. The maximum atomic E-state index is 12.5. The number of hydrogen-bond acceptors (Lipinski definition) is 7. The zero-order valence-corrected chi connectivity index (χ0v) is 17.4. The number of benzene rings is 1. The van der Waals surface area contributed by atoms with Crippen LogP contribution in [0, 0.1) is 6.92 Å². The minimum absolute atomic E-state index is 0.181. The summed E-state index contributed by atoms with van der Waals surface area (Å²) in [5.41, 5.74) is 2.60. The van der Waals surface area contributed by atoms with Crippen molar-refractivity contribution in [3.63, 3.8) is 0 Å². The van der Waals surface area contributed by atoms with E-state index in [9.17, 15) is 13.2 Å². The van der Waals surface area contributed by atoms with Crippen LogP contribution in [0.1, 0.15) is 34.5 Å². The number of aromatic nitrogens is 2. The number of aryl methyl sites for hydroxylation is 1. The highest BCUT2D eigenvalue weighted by Gasteiger charge is 2.40. The molecule has 0 unspecified atom stereocenters. The predicted molar refractivity (Wildman–Crippen MR) is 109 cm³/mol. The van der Waals surface area contributed by atoms with Crippen molar-refractivity contribution in [1.29, 1.82) is 0 Å². The number of carbonyl (C=O) groups excluding carboxylic acids is 1. The molecule has 0 atom stereocenters. The van der Waals surface area contributed by atoms with E-state index < -0.39 is 21.2 Å². The van der Waals surface area contributed by atoms with Crippen LogP contribution >= 0.6 is 0 Å². The van der Waals surface area contributed by atoms with Gasteiger partial charge in [0.05, 0.1) is 16.4 Å². The van der Waals surface area contributed by atoms with Gasteiger partial charge in [0.25, 0.3) is 5.91 Å². The van der Waals surface area contributed by atoms with E-state index in [2.05, 4.69) is 10.1 Å². The van der Waals surface area contributed by atoms with Gasteiger partial charge < -0.3 is 9.26 Å². The van der Waals surface area contributed by atoms with Gasteiger partial charge in [-0.15, -0.1) is 0 Å². The molecule has 0 bridgehead atoms. The fourth-order valence-electron chi connectivity index (χ4n) is 3.01. The number of pyridine rings is 1. The molecule has 1 aliphatic carbocycles. The number of sulfonamides is 1. The molecule has 1 fully saturated rings. The summed E-state index contributed by atoms with van der Waals surface area (Å²) in [5, 5.41) is 3.66. The summed E-state index contributed by atoms with van der Waals surface area (Å²) in [6.45, 7) is 2.00.